The van der Waals surface area contributed by atoms with E-state index in [9.17, 15) is 8.42 Å². The predicted molar refractivity (Wildman–Crippen MR) is 100 cm³/mol. The lowest BCUT2D eigenvalue weighted by atomic mass is 10.2. The van der Waals surface area contributed by atoms with Crippen molar-refractivity contribution in [1.82, 2.24) is 14.4 Å². The van der Waals surface area contributed by atoms with Gasteiger partial charge in [-0.3, -0.25) is 0 Å². The van der Waals surface area contributed by atoms with E-state index in [0.717, 1.165) is 5.56 Å². The standard InChI is InChI=1S/C19H19N3O5S/c1-25-15-9-5-6-10-17(15)28(23,24)22-11-12-26-16(13-22)18-20-19(27-21-18)14-7-3-2-4-8-14/h2-10,16H,11-13H2,1H3. The highest BCUT2D eigenvalue weighted by Gasteiger charge is 2.35. The van der Waals surface area contributed by atoms with Crippen LogP contribution in [0.5, 0.6) is 5.75 Å². The Morgan fingerprint density at radius 1 is 1.11 bits per heavy atom. The summed E-state index contributed by atoms with van der Waals surface area (Å²) in [6.07, 6.45) is -0.612. The van der Waals surface area contributed by atoms with Crippen molar-refractivity contribution in [3.63, 3.8) is 0 Å². The predicted octanol–water partition coefficient (Wildman–Crippen LogP) is 2.51. The van der Waals surface area contributed by atoms with Crippen molar-refractivity contribution in [3.8, 4) is 17.2 Å². The summed E-state index contributed by atoms with van der Waals surface area (Å²) in [5.41, 5.74) is 0.788. The summed E-state index contributed by atoms with van der Waals surface area (Å²) in [5.74, 6) is 0.985. The molecular weight excluding hydrogens is 382 g/mol. The summed E-state index contributed by atoms with van der Waals surface area (Å²) in [4.78, 5) is 4.50. The van der Waals surface area contributed by atoms with Crippen LogP contribution < -0.4 is 4.74 Å². The van der Waals surface area contributed by atoms with E-state index in [1.165, 1.54) is 17.5 Å². The summed E-state index contributed by atoms with van der Waals surface area (Å²) in [7, 11) is -2.30. The number of sulfonamides is 1. The molecule has 146 valence electrons. The van der Waals surface area contributed by atoms with Gasteiger partial charge in [0.2, 0.25) is 15.8 Å². The first-order valence-electron chi connectivity index (χ1n) is 8.73. The lowest BCUT2D eigenvalue weighted by Crippen LogP contribution is -2.42. The fourth-order valence-corrected chi connectivity index (χ4v) is 4.62. The number of rotatable bonds is 5. The molecule has 28 heavy (non-hydrogen) atoms. The minimum absolute atomic E-state index is 0.0914. The van der Waals surface area contributed by atoms with Crippen LogP contribution >= 0.6 is 0 Å². The van der Waals surface area contributed by atoms with Crippen molar-refractivity contribution < 1.29 is 22.4 Å². The molecule has 0 amide bonds. The Balaban J connectivity index is 1.57. The van der Waals surface area contributed by atoms with Crippen molar-refractivity contribution in [2.75, 3.05) is 26.8 Å². The number of para-hydroxylation sites is 1. The first kappa shape index (κ1) is 18.6. The van der Waals surface area contributed by atoms with Gasteiger partial charge >= 0.3 is 0 Å². The Hall–Kier alpha value is -2.75. The van der Waals surface area contributed by atoms with Crippen molar-refractivity contribution in [1.29, 1.82) is 0 Å². The van der Waals surface area contributed by atoms with Gasteiger partial charge in [0.25, 0.3) is 5.89 Å². The summed E-state index contributed by atoms with van der Waals surface area (Å²) >= 11 is 0. The Labute approximate surface area is 162 Å². The fraction of sp³-hybridized carbons (Fsp3) is 0.263. The molecule has 4 rings (SSSR count). The molecule has 1 aliphatic rings. The number of nitrogens with zero attached hydrogens (tertiary/aromatic N) is 3. The Bertz CT molecular complexity index is 1050. The number of methoxy groups -OCH3 is 1. The van der Waals surface area contributed by atoms with Crippen LogP contribution in [-0.4, -0.2) is 49.7 Å². The molecule has 0 spiro atoms. The molecule has 1 aliphatic heterocycles. The highest BCUT2D eigenvalue weighted by atomic mass is 32.2. The molecule has 0 radical (unpaired) electrons. The molecule has 0 saturated carbocycles. The molecule has 1 atom stereocenters. The minimum atomic E-state index is -3.75. The van der Waals surface area contributed by atoms with Crippen LogP contribution in [0.4, 0.5) is 0 Å². The van der Waals surface area contributed by atoms with E-state index in [2.05, 4.69) is 10.1 Å². The largest absolute Gasteiger partial charge is 0.495 e. The number of aromatic nitrogens is 2. The molecule has 9 heteroatoms. The van der Waals surface area contributed by atoms with Gasteiger partial charge in [0.05, 0.1) is 13.7 Å². The molecule has 2 heterocycles. The quantitative estimate of drug-likeness (QED) is 0.648. The first-order valence-corrected chi connectivity index (χ1v) is 10.2. The van der Waals surface area contributed by atoms with Gasteiger partial charge in [-0.1, -0.05) is 35.5 Å². The van der Waals surface area contributed by atoms with E-state index in [4.69, 9.17) is 14.0 Å². The van der Waals surface area contributed by atoms with Gasteiger partial charge in [0.1, 0.15) is 16.7 Å². The first-order chi connectivity index (χ1) is 13.6. The molecular formula is C19H19N3O5S. The Morgan fingerprint density at radius 2 is 1.86 bits per heavy atom. The number of benzene rings is 2. The van der Waals surface area contributed by atoms with E-state index >= 15 is 0 Å². The van der Waals surface area contributed by atoms with Crippen molar-refractivity contribution in [3.05, 3.63) is 60.4 Å². The zero-order valence-electron chi connectivity index (χ0n) is 15.2. The second kappa shape index (κ2) is 7.70. The van der Waals surface area contributed by atoms with Gasteiger partial charge in [-0.2, -0.15) is 9.29 Å². The molecule has 0 bridgehead atoms. The van der Waals surface area contributed by atoms with Gasteiger partial charge in [-0.05, 0) is 24.3 Å². The van der Waals surface area contributed by atoms with E-state index in [1.807, 2.05) is 30.3 Å². The van der Waals surface area contributed by atoms with Crippen LogP contribution in [0, 0.1) is 0 Å². The van der Waals surface area contributed by atoms with Gasteiger partial charge < -0.3 is 14.0 Å². The molecule has 1 aromatic heterocycles. The fourth-order valence-electron chi connectivity index (χ4n) is 3.03. The summed E-state index contributed by atoms with van der Waals surface area (Å²) in [5, 5.41) is 3.98. The topological polar surface area (TPSA) is 94.8 Å². The summed E-state index contributed by atoms with van der Waals surface area (Å²) in [6, 6.07) is 15.9. The lowest BCUT2D eigenvalue weighted by Gasteiger charge is -2.30. The van der Waals surface area contributed by atoms with Crippen molar-refractivity contribution in [2.45, 2.75) is 11.0 Å². The van der Waals surface area contributed by atoms with Crippen LogP contribution in [0.3, 0.4) is 0 Å². The SMILES string of the molecule is COc1ccccc1S(=O)(=O)N1CCOC(c2noc(-c3ccccc3)n2)C1. The number of morpholine rings is 1. The van der Waals surface area contributed by atoms with E-state index < -0.39 is 16.1 Å². The second-order valence-electron chi connectivity index (χ2n) is 6.20. The minimum Gasteiger partial charge on any atom is -0.495 e. The van der Waals surface area contributed by atoms with Crippen molar-refractivity contribution in [2.24, 2.45) is 0 Å². The van der Waals surface area contributed by atoms with E-state index in [-0.39, 0.29) is 24.6 Å². The lowest BCUT2D eigenvalue weighted by molar-refractivity contribution is -0.00862. The van der Waals surface area contributed by atoms with Crippen LogP contribution in [0.25, 0.3) is 11.5 Å². The zero-order chi connectivity index (χ0) is 19.6. The van der Waals surface area contributed by atoms with Gasteiger partial charge in [0, 0.05) is 18.7 Å². The molecule has 1 unspecified atom stereocenters. The van der Waals surface area contributed by atoms with E-state index in [1.54, 1.807) is 18.2 Å². The third-order valence-corrected chi connectivity index (χ3v) is 6.37. The Kier molecular flexibility index (Phi) is 5.12. The average molecular weight is 401 g/mol. The average Bonchev–Trinajstić information content (AvgIpc) is 3.25. The third-order valence-electron chi connectivity index (χ3n) is 4.47. The second-order valence-corrected chi connectivity index (χ2v) is 8.10. The van der Waals surface area contributed by atoms with Gasteiger partial charge in [-0.25, -0.2) is 8.42 Å². The van der Waals surface area contributed by atoms with Gasteiger partial charge in [0.15, 0.2) is 0 Å². The zero-order valence-corrected chi connectivity index (χ0v) is 16.0. The third kappa shape index (κ3) is 3.51. The normalized spacial score (nSPS) is 18.1. The maximum atomic E-state index is 13.1. The highest BCUT2D eigenvalue weighted by molar-refractivity contribution is 7.89. The molecule has 2 aromatic carbocycles. The molecule has 0 aliphatic carbocycles. The van der Waals surface area contributed by atoms with Crippen LogP contribution in [0.15, 0.2) is 64.0 Å². The highest BCUT2D eigenvalue weighted by Crippen LogP contribution is 2.30. The molecule has 3 aromatic rings. The number of ether oxygens (including phenoxy) is 2. The van der Waals surface area contributed by atoms with Crippen LogP contribution in [0.2, 0.25) is 0 Å². The summed E-state index contributed by atoms with van der Waals surface area (Å²) in [6.45, 7) is 0.558. The van der Waals surface area contributed by atoms with Crippen LogP contribution in [-0.2, 0) is 14.8 Å². The van der Waals surface area contributed by atoms with Crippen LogP contribution in [0.1, 0.15) is 11.9 Å². The molecule has 1 fully saturated rings. The van der Waals surface area contributed by atoms with Gasteiger partial charge in [-0.15, -0.1) is 0 Å². The Morgan fingerprint density at radius 3 is 2.64 bits per heavy atom. The van der Waals surface area contributed by atoms with Crippen molar-refractivity contribution >= 4 is 10.0 Å². The molecule has 1 saturated heterocycles. The maximum Gasteiger partial charge on any atom is 0.258 e. The molecule has 0 N–H and O–H groups in total. The maximum absolute atomic E-state index is 13.1. The summed E-state index contributed by atoms with van der Waals surface area (Å²) < 4.78 is 43.8. The van der Waals surface area contributed by atoms with E-state index in [0.29, 0.717) is 17.5 Å². The molecule has 8 nitrogen and oxygen atoms in total. The number of hydrogen-bond acceptors (Lipinski definition) is 7. The monoisotopic (exact) mass is 401 g/mol. The smallest absolute Gasteiger partial charge is 0.258 e. The number of hydrogen-bond donors (Lipinski definition) is 0.